The Morgan fingerprint density at radius 1 is 1.15 bits per heavy atom. The lowest BCUT2D eigenvalue weighted by Crippen LogP contribution is -2.30. The summed E-state index contributed by atoms with van der Waals surface area (Å²) in [6, 6.07) is 0. The molecule has 1 aliphatic rings. The molecular formula is C16H30N2O2. The third kappa shape index (κ3) is 8.20. The molecule has 1 aliphatic carbocycles. The van der Waals surface area contributed by atoms with E-state index in [1.165, 1.54) is 44.9 Å². The summed E-state index contributed by atoms with van der Waals surface area (Å²) < 4.78 is 0. The Labute approximate surface area is 123 Å². The number of hydrogen-bond donors (Lipinski definition) is 3. The van der Waals surface area contributed by atoms with Gasteiger partial charge in [-0.25, -0.2) is 4.79 Å². The monoisotopic (exact) mass is 282 g/mol. The Hall–Kier alpha value is -1.03. The highest BCUT2D eigenvalue weighted by atomic mass is 16.4. The van der Waals surface area contributed by atoms with Crippen molar-refractivity contribution in [2.24, 2.45) is 11.8 Å². The van der Waals surface area contributed by atoms with Gasteiger partial charge in [0.1, 0.15) is 0 Å². The molecule has 4 nitrogen and oxygen atoms in total. The van der Waals surface area contributed by atoms with Gasteiger partial charge in [-0.1, -0.05) is 31.8 Å². The zero-order valence-electron chi connectivity index (χ0n) is 12.6. The highest BCUT2D eigenvalue weighted by Gasteiger charge is 2.20. The topological polar surface area (TPSA) is 61.4 Å². The summed E-state index contributed by atoms with van der Waals surface area (Å²) in [5.41, 5.74) is 0. The molecule has 0 aromatic heterocycles. The van der Waals surface area contributed by atoms with E-state index in [-0.39, 0.29) is 0 Å². The van der Waals surface area contributed by atoms with Gasteiger partial charge in [0.05, 0.1) is 0 Å². The van der Waals surface area contributed by atoms with E-state index < -0.39 is 6.09 Å². The third-order valence-corrected chi connectivity index (χ3v) is 4.25. The summed E-state index contributed by atoms with van der Waals surface area (Å²) in [7, 11) is 0. The van der Waals surface area contributed by atoms with Gasteiger partial charge in [0.25, 0.3) is 0 Å². The fourth-order valence-electron chi connectivity index (χ4n) is 2.97. The second-order valence-electron chi connectivity index (χ2n) is 5.90. The van der Waals surface area contributed by atoms with E-state index >= 15 is 0 Å². The van der Waals surface area contributed by atoms with Gasteiger partial charge in [-0.2, -0.15) is 0 Å². The van der Waals surface area contributed by atoms with Crippen molar-refractivity contribution in [1.29, 1.82) is 0 Å². The largest absolute Gasteiger partial charge is 0.465 e. The number of hydrogen-bond acceptors (Lipinski definition) is 2. The number of carboxylic acid groups (broad SMARTS) is 1. The minimum absolute atomic E-state index is 0.558. The Morgan fingerprint density at radius 2 is 1.85 bits per heavy atom. The number of rotatable bonds is 10. The first-order chi connectivity index (χ1) is 9.72. The van der Waals surface area contributed by atoms with Crippen LogP contribution >= 0.6 is 0 Å². The highest BCUT2D eigenvalue weighted by Crippen LogP contribution is 2.31. The van der Waals surface area contributed by atoms with Crippen molar-refractivity contribution in [2.75, 3.05) is 19.6 Å². The van der Waals surface area contributed by atoms with Crippen molar-refractivity contribution in [3.63, 3.8) is 0 Å². The fraction of sp³-hybridized carbons (Fsp3) is 0.812. The molecule has 0 saturated heterocycles. The fourth-order valence-corrected chi connectivity index (χ4v) is 2.97. The molecule has 0 heterocycles. The van der Waals surface area contributed by atoms with Crippen LogP contribution in [0.1, 0.15) is 51.4 Å². The average molecular weight is 282 g/mol. The lowest BCUT2D eigenvalue weighted by molar-refractivity contribution is 0.187. The van der Waals surface area contributed by atoms with Gasteiger partial charge < -0.3 is 15.7 Å². The molecule has 1 fully saturated rings. The van der Waals surface area contributed by atoms with Crippen LogP contribution in [0, 0.1) is 11.8 Å². The van der Waals surface area contributed by atoms with Crippen LogP contribution in [0.15, 0.2) is 12.7 Å². The lowest BCUT2D eigenvalue weighted by atomic mass is 9.80. The maximum atomic E-state index is 10.5. The Bertz CT molecular complexity index is 274. The summed E-state index contributed by atoms with van der Waals surface area (Å²) in [5.74, 6) is 1.42. The summed E-state index contributed by atoms with van der Waals surface area (Å²) >= 11 is 0. The molecule has 0 radical (unpaired) electrons. The molecule has 3 N–H and O–H groups in total. The maximum Gasteiger partial charge on any atom is 0.404 e. The molecule has 0 aromatic carbocycles. The van der Waals surface area contributed by atoms with Gasteiger partial charge in [-0.15, -0.1) is 6.58 Å². The number of unbranched alkanes of at least 4 members (excludes halogenated alkanes) is 1. The molecule has 20 heavy (non-hydrogen) atoms. The molecule has 0 atom stereocenters. The Morgan fingerprint density at radius 3 is 2.50 bits per heavy atom. The van der Waals surface area contributed by atoms with Crippen LogP contribution in [0.5, 0.6) is 0 Å². The van der Waals surface area contributed by atoms with Gasteiger partial charge >= 0.3 is 6.09 Å². The van der Waals surface area contributed by atoms with Crippen LogP contribution in [-0.4, -0.2) is 30.8 Å². The molecule has 0 unspecified atom stereocenters. The summed E-state index contributed by atoms with van der Waals surface area (Å²) in [4.78, 5) is 10.5. The summed E-state index contributed by atoms with van der Waals surface area (Å²) in [5, 5.41) is 14.5. The molecule has 1 amide bonds. The zero-order chi connectivity index (χ0) is 14.6. The zero-order valence-corrected chi connectivity index (χ0v) is 12.6. The van der Waals surface area contributed by atoms with Crippen LogP contribution in [0.25, 0.3) is 0 Å². The molecule has 0 aliphatic heterocycles. The molecular weight excluding hydrogens is 252 g/mol. The second kappa shape index (κ2) is 10.7. The molecule has 1 rings (SSSR count). The predicted octanol–water partition coefficient (Wildman–Crippen LogP) is 3.40. The molecule has 1 saturated carbocycles. The van der Waals surface area contributed by atoms with Crippen molar-refractivity contribution in [3.05, 3.63) is 12.7 Å². The van der Waals surface area contributed by atoms with Crippen molar-refractivity contribution >= 4 is 6.09 Å². The third-order valence-electron chi connectivity index (χ3n) is 4.25. The normalized spacial score (nSPS) is 22.4. The number of carbonyl (C=O) groups is 1. The molecule has 4 heteroatoms. The predicted molar refractivity (Wildman–Crippen MR) is 83.0 cm³/mol. The Balaban J connectivity index is 1.94. The first-order valence-corrected chi connectivity index (χ1v) is 8.00. The van der Waals surface area contributed by atoms with Crippen LogP contribution in [0.4, 0.5) is 4.79 Å². The minimum Gasteiger partial charge on any atom is -0.465 e. The van der Waals surface area contributed by atoms with E-state index in [1.54, 1.807) is 0 Å². The van der Waals surface area contributed by atoms with Gasteiger partial charge in [0.2, 0.25) is 0 Å². The van der Waals surface area contributed by atoms with Crippen LogP contribution in [-0.2, 0) is 0 Å². The smallest absolute Gasteiger partial charge is 0.404 e. The quantitative estimate of drug-likeness (QED) is 0.425. The first kappa shape index (κ1) is 17.0. The standard InChI is InChI=1S/C16H30N2O2/c1-2-3-11-17-12-5-4-6-14-7-9-15(10-8-14)13-18-16(19)20/h2,14-15,17-18H,1,3-13H2,(H,19,20). The highest BCUT2D eigenvalue weighted by molar-refractivity contribution is 5.64. The summed E-state index contributed by atoms with van der Waals surface area (Å²) in [6.07, 6.45) is 10.9. The SMILES string of the molecule is C=CCCNCCCCC1CCC(CNC(=O)O)CC1. The maximum absolute atomic E-state index is 10.5. The second-order valence-corrected chi connectivity index (χ2v) is 5.90. The van der Waals surface area contributed by atoms with E-state index in [4.69, 9.17) is 5.11 Å². The van der Waals surface area contributed by atoms with Crippen molar-refractivity contribution in [2.45, 2.75) is 51.4 Å². The Kier molecular flexibility index (Phi) is 9.13. The molecule has 0 aromatic rings. The molecule has 0 bridgehead atoms. The van der Waals surface area contributed by atoms with Crippen LogP contribution in [0.3, 0.4) is 0 Å². The van der Waals surface area contributed by atoms with E-state index in [2.05, 4.69) is 17.2 Å². The molecule has 0 spiro atoms. The lowest BCUT2D eigenvalue weighted by Gasteiger charge is -2.28. The van der Waals surface area contributed by atoms with Crippen molar-refractivity contribution in [1.82, 2.24) is 10.6 Å². The minimum atomic E-state index is -0.893. The molecule has 116 valence electrons. The number of amides is 1. The van der Waals surface area contributed by atoms with Crippen molar-refractivity contribution in [3.8, 4) is 0 Å². The van der Waals surface area contributed by atoms with Gasteiger partial charge in [-0.05, 0) is 50.6 Å². The first-order valence-electron chi connectivity index (χ1n) is 8.00. The van der Waals surface area contributed by atoms with Gasteiger partial charge in [0.15, 0.2) is 0 Å². The number of nitrogens with one attached hydrogen (secondary N) is 2. The average Bonchev–Trinajstić information content (AvgIpc) is 2.45. The van der Waals surface area contributed by atoms with Crippen molar-refractivity contribution < 1.29 is 9.90 Å². The van der Waals surface area contributed by atoms with Crippen LogP contribution in [0.2, 0.25) is 0 Å². The van der Waals surface area contributed by atoms with E-state index in [1.807, 2.05) is 6.08 Å². The van der Waals surface area contributed by atoms with E-state index in [0.717, 1.165) is 25.4 Å². The van der Waals surface area contributed by atoms with E-state index in [9.17, 15) is 4.79 Å². The summed E-state index contributed by atoms with van der Waals surface area (Å²) in [6.45, 7) is 6.51. The van der Waals surface area contributed by atoms with Gasteiger partial charge in [0, 0.05) is 6.54 Å². The van der Waals surface area contributed by atoms with Gasteiger partial charge in [-0.3, -0.25) is 0 Å². The van der Waals surface area contributed by atoms with Crippen LogP contribution < -0.4 is 10.6 Å². The van der Waals surface area contributed by atoms with E-state index in [0.29, 0.717) is 12.5 Å².